The van der Waals surface area contributed by atoms with Crippen LogP contribution in [0.25, 0.3) is 0 Å². The van der Waals surface area contributed by atoms with E-state index >= 15 is 0 Å². The highest BCUT2D eigenvalue weighted by atomic mass is 16.5. The number of hydrogen-bond acceptors (Lipinski definition) is 8. The molecule has 198 valence electrons. The molecule has 0 spiro atoms. The van der Waals surface area contributed by atoms with Crippen LogP contribution in [-0.4, -0.2) is 74.6 Å². The fourth-order valence-electron chi connectivity index (χ4n) is 5.05. The summed E-state index contributed by atoms with van der Waals surface area (Å²) >= 11 is 0. The number of carbonyl (C=O) groups is 2. The van der Waals surface area contributed by atoms with E-state index in [1.807, 2.05) is 41.3 Å². The first kappa shape index (κ1) is 26.5. The van der Waals surface area contributed by atoms with Gasteiger partial charge < -0.3 is 18.9 Å². The molecular weight excluding hydrogens is 474 g/mol. The van der Waals surface area contributed by atoms with Crippen molar-refractivity contribution in [3.05, 3.63) is 53.6 Å². The minimum atomic E-state index is -0.424. The zero-order valence-corrected chi connectivity index (χ0v) is 21.9. The van der Waals surface area contributed by atoms with Gasteiger partial charge in [-0.3, -0.25) is 14.5 Å². The Labute approximate surface area is 217 Å². The van der Waals surface area contributed by atoms with Gasteiger partial charge in [0, 0.05) is 23.6 Å². The molecule has 2 aliphatic heterocycles. The zero-order valence-electron chi connectivity index (χ0n) is 21.9. The number of carbonyl (C=O) groups excluding carboxylic acids is 2. The predicted octanol–water partition coefficient (Wildman–Crippen LogP) is 3.81. The summed E-state index contributed by atoms with van der Waals surface area (Å²) < 4.78 is 21.9. The molecule has 1 amide bonds. The van der Waals surface area contributed by atoms with Crippen molar-refractivity contribution in [2.75, 3.05) is 41.0 Å². The molecule has 4 rings (SSSR count). The fraction of sp³-hybridized carbons (Fsp3) is 0.464. The van der Waals surface area contributed by atoms with Crippen molar-refractivity contribution in [1.82, 2.24) is 9.91 Å². The van der Waals surface area contributed by atoms with E-state index < -0.39 is 6.04 Å². The second-order valence-corrected chi connectivity index (χ2v) is 9.05. The average Bonchev–Trinajstić information content (AvgIpc) is 3.38. The van der Waals surface area contributed by atoms with E-state index in [2.05, 4.69) is 0 Å². The van der Waals surface area contributed by atoms with Gasteiger partial charge in [0.05, 0.1) is 46.2 Å². The summed E-state index contributed by atoms with van der Waals surface area (Å²) in [6.45, 7) is 2.83. The van der Waals surface area contributed by atoms with Gasteiger partial charge >= 0.3 is 5.97 Å². The van der Waals surface area contributed by atoms with E-state index in [1.165, 1.54) is 5.01 Å². The third kappa shape index (κ3) is 5.72. The highest BCUT2D eigenvalue weighted by Gasteiger charge is 2.38. The third-order valence-corrected chi connectivity index (χ3v) is 6.89. The summed E-state index contributed by atoms with van der Waals surface area (Å²) in [6.07, 6.45) is 3.02. The van der Waals surface area contributed by atoms with Crippen molar-refractivity contribution in [3.8, 4) is 17.2 Å². The Hall–Kier alpha value is -3.59. The van der Waals surface area contributed by atoms with Gasteiger partial charge in [-0.05, 0) is 50.6 Å². The van der Waals surface area contributed by atoms with E-state index in [0.717, 1.165) is 29.7 Å². The lowest BCUT2D eigenvalue weighted by molar-refractivity contribution is -0.152. The van der Waals surface area contributed by atoms with E-state index in [1.54, 1.807) is 34.3 Å². The molecule has 0 radical (unpaired) electrons. The van der Waals surface area contributed by atoms with Gasteiger partial charge in [-0.2, -0.15) is 5.10 Å². The van der Waals surface area contributed by atoms with Crippen molar-refractivity contribution in [3.63, 3.8) is 0 Å². The predicted molar refractivity (Wildman–Crippen MR) is 139 cm³/mol. The molecule has 2 atom stereocenters. The minimum absolute atomic E-state index is 0.0706. The van der Waals surface area contributed by atoms with E-state index in [-0.39, 0.29) is 24.5 Å². The number of hydrazone groups is 1. The van der Waals surface area contributed by atoms with Crippen LogP contribution in [0.4, 0.5) is 0 Å². The Morgan fingerprint density at radius 2 is 1.78 bits per heavy atom. The summed E-state index contributed by atoms with van der Waals surface area (Å²) in [5, 5.41) is 6.34. The van der Waals surface area contributed by atoms with Crippen LogP contribution < -0.4 is 14.2 Å². The maximum absolute atomic E-state index is 13.8. The summed E-state index contributed by atoms with van der Waals surface area (Å²) in [6, 6.07) is 12.4. The highest BCUT2D eigenvalue weighted by Crippen LogP contribution is 2.40. The molecule has 0 aliphatic carbocycles. The van der Waals surface area contributed by atoms with Crippen LogP contribution >= 0.6 is 0 Å². The van der Waals surface area contributed by atoms with Crippen LogP contribution in [-0.2, 0) is 14.3 Å². The first-order valence-corrected chi connectivity index (χ1v) is 12.7. The van der Waals surface area contributed by atoms with Crippen molar-refractivity contribution >= 4 is 17.6 Å². The van der Waals surface area contributed by atoms with Crippen LogP contribution in [0.3, 0.4) is 0 Å². The zero-order chi connectivity index (χ0) is 26.4. The lowest BCUT2D eigenvalue weighted by Gasteiger charge is -2.34. The second-order valence-electron chi connectivity index (χ2n) is 9.05. The van der Waals surface area contributed by atoms with Crippen LogP contribution in [0.2, 0.25) is 0 Å². The number of methoxy groups -OCH3 is 3. The largest absolute Gasteiger partial charge is 0.497 e. The molecule has 0 bridgehead atoms. The smallest absolute Gasteiger partial charge is 0.323 e. The number of para-hydroxylation sites is 1. The number of likely N-dealkylation sites (tertiary alicyclic amines) is 1. The quantitative estimate of drug-likeness (QED) is 0.475. The molecule has 2 aromatic carbocycles. The van der Waals surface area contributed by atoms with Crippen LogP contribution in [0.1, 0.15) is 49.8 Å². The number of ether oxygens (including phenoxy) is 4. The monoisotopic (exact) mass is 509 g/mol. The maximum Gasteiger partial charge on any atom is 0.323 e. The van der Waals surface area contributed by atoms with Crippen LogP contribution in [0.5, 0.6) is 17.2 Å². The Bertz CT molecular complexity index is 1150. The molecule has 9 nitrogen and oxygen atoms in total. The minimum Gasteiger partial charge on any atom is -0.497 e. The third-order valence-electron chi connectivity index (χ3n) is 6.89. The Morgan fingerprint density at radius 1 is 1.00 bits per heavy atom. The van der Waals surface area contributed by atoms with E-state index in [0.29, 0.717) is 43.2 Å². The number of hydrogen-bond donors (Lipinski definition) is 0. The van der Waals surface area contributed by atoms with Gasteiger partial charge in [-0.15, -0.1) is 0 Å². The molecule has 0 N–H and O–H groups in total. The molecule has 2 aromatic rings. The number of benzene rings is 2. The van der Waals surface area contributed by atoms with Gasteiger partial charge in [0.2, 0.25) is 0 Å². The number of esters is 1. The molecule has 0 saturated carbocycles. The second kappa shape index (κ2) is 12.1. The van der Waals surface area contributed by atoms with Gasteiger partial charge in [0.15, 0.2) is 0 Å². The summed E-state index contributed by atoms with van der Waals surface area (Å²) in [4.78, 5) is 28.3. The molecular formula is C28H35N3O6. The van der Waals surface area contributed by atoms with E-state index in [4.69, 9.17) is 24.0 Å². The Balaban J connectivity index is 1.68. The van der Waals surface area contributed by atoms with E-state index in [9.17, 15) is 9.59 Å². The molecule has 2 heterocycles. The Kier molecular flexibility index (Phi) is 8.66. The van der Waals surface area contributed by atoms with Gasteiger partial charge in [0.25, 0.3) is 5.91 Å². The Morgan fingerprint density at radius 3 is 2.51 bits per heavy atom. The van der Waals surface area contributed by atoms with Crippen molar-refractivity contribution < 1.29 is 28.5 Å². The van der Waals surface area contributed by atoms with Gasteiger partial charge in [-0.1, -0.05) is 18.6 Å². The molecule has 1 fully saturated rings. The summed E-state index contributed by atoms with van der Waals surface area (Å²) in [5.74, 6) is 1.50. The molecule has 2 aliphatic rings. The molecule has 37 heavy (non-hydrogen) atoms. The first-order valence-electron chi connectivity index (χ1n) is 12.7. The maximum atomic E-state index is 13.8. The van der Waals surface area contributed by atoms with Crippen molar-refractivity contribution in [2.24, 2.45) is 5.10 Å². The molecule has 0 aromatic heterocycles. The SMILES string of the molecule is CCOC(=O)[C@@H]1CCCCN1CC(=O)N1N=C(c2ccccc2OC)C[C@H]1c1ccc(OC)cc1OC. The lowest BCUT2D eigenvalue weighted by Crippen LogP contribution is -2.49. The van der Waals surface area contributed by atoms with Gasteiger partial charge in [0.1, 0.15) is 23.3 Å². The number of nitrogens with zero attached hydrogens (tertiary/aromatic N) is 3. The number of rotatable bonds is 9. The first-order chi connectivity index (χ1) is 18.0. The number of amides is 1. The van der Waals surface area contributed by atoms with Crippen molar-refractivity contribution in [2.45, 2.75) is 44.7 Å². The van der Waals surface area contributed by atoms with Gasteiger partial charge in [-0.25, -0.2) is 5.01 Å². The number of piperidine rings is 1. The molecule has 9 heteroatoms. The lowest BCUT2D eigenvalue weighted by atomic mass is 9.97. The van der Waals surface area contributed by atoms with Crippen molar-refractivity contribution in [1.29, 1.82) is 0 Å². The fourth-order valence-corrected chi connectivity index (χ4v) is 5.05. The standard InChI is InChI=1S/C28H35N3O6/c1-5-37-28(33)23-11-8-9-15-30(23)18-27(32)31-24(21-14-13-19(34-2)16-26(21)36-4)17-22(29-31)20-10-6-7-12-25(20)35-3/h6-7,10,12-14,16,23-24H,5,8-9,11,15,17-18H2,1-4H3/t23-,24-/m0/s1. The average molecular weight is 510 g/mol. The molecule has 0 unspecified atom stereocenters. The highest BCUT2D eigenvalue weighted by molar-refractivity contribution is 6.05. The summed E-state index contributed by atoms with van der Waals surface area (Å²) in [5.41, 5.74) is 2.40. The molecule has 1 saturated heterocycles. The topological polar surface area (TPSA) is 89.9 Å². The van der Waals surface area contributed by atoms with Crippen LogP contribution in [0, 0.1) is 0 Å². The summed E-state index contributed by atoms with van der Waals surface area (Å²) in [7, 11) is 4.81. The van der Waals surface area contributed by atoms with Crippen LogP contribution in [0.15, 0.2) is 47.6 Å². The normalized spacial score (nSPS) is 19.8.